The molecule has 42 valence electrons. The second-order valence-electron chi connectivity index (χ2n) is 2.06. The second-order valence-corrected chi connectivity index (χ2v) is 3.45. The minimum atomic E-state index is 0.814. The molecule has 0 bridgehead atoms. The first-order chi connectivity index (χ1) is 3.39. The van der Waals surface area contributed by atoms with E-state index in [2.05, 4.69) is 10.6 Å². The Morgan fingerprint density at radius 3 is 2.57 bits per heavy atom. The number of hydrogen-bond donors (Lipinski definition) is 2. The molecule has 1 heterocycles. The summed E-state index contributed by atoms with van der Waals surface area (Å²) in [6.07, 6.45) is 0. The third-order valence-corrected chi connectivity index (χ3v) is 2.06. The number of nitrogens with one attached hydrogen (secondary N) is 2. The Kier molecular flexibility index (Phi) is 1.84. The molecule has 1 unspecified atom stereocenters. The van der Waals surface area contributed by atoms with Gasteiger partial charge in [-0.05, 0) is 0 Å². The van der Waals surface area contributed by atoms with Gasteiger partial charge in [0.25, 0.3) is 0 Å². The van der Waals surface area contributed by atoms with Crippen LogP contribution >= 0.6 is 0 Å². The fraction of sp³-hybridized carbons (Fsp3) is 1.00. The zero-order chi connectivity index (χ0) is 5.11. The first-order valence-electron chi connectivity index (χ1n) is 2.83. The van der Waals surface area contributed by atoms with Gasteiger partial charge in [0.2, 0.25) is 0 Å². The van der Waals surface area contributed by atoms with Crippen molar-refractivity contribution in [2.24, 2.45) is 0 Å². The summed E-state index contributed by atoms with van der Waals surface area (Å²) in [7, 11) is 1.28. The molecule has 0 aromatic carbocycles. The molecule has 1 aliphatic rings. The van der Waals surface area contributed by atoms with E-state index in [0.29, 0.717) is 0 Å². The third-order valence-electron chi connectivity index (χ3n) is 1.25. The zero-order valence-corrected chi connectivity index (χ0v) is 6.70. The van der Waals surface area contributed by atoms with Gasteiger partial charge in [-0.2, -0.15) is 0 Å². The van der Waals surface area contributed by atoms with Crippen molar-refractivity contribution in [2.45, 2.75) is 5.67 Å². The minimum absolute atomic E-state index is 0.814. The topological polar surface area (TPSA) is 24.1 Å². The molecule has 0 aliphatic carbocycles. The van der Waals surface area contributed by atoms with E-state index in [-0.39, 0.29) is 0 Å². The molecule has 1 rings (SSSR count). The van der Waals surface area contributed by atoms with Crippen molar-refractivity contribution >= 4 is 10.2 Å². The van der Waals surface area contributed by atoms with Gasteiger partial charge in [0.15, 0.2) is 0 Å². The lowest BCUT2D eigenvalue weighted by molar-refractivity contribution is 0.501. The maximum atomic E-state index is 3.38. The van der Waals surface area contributed by atoms with Gasteiger partial charge in [0.05, 0.1) is 0 Å². The van der Waals surface area contributed by atoms with Gasteiger partial charge in [-0.1, -0.05) is 0 Å². The highest BCUT2D eigenvalue weighted by Crippen LogP contribution is 1.76. The Morgan fingerprint density at radius 1 is 1.43 bits per heavy atom. The summed E-state index contributed by atoms with van der Waals surface area (Å²) in [5.74, 6) is 0. The van der Waals surface area contributed by atoms with Crippen LogP contribution in [-0.4, -0.2) is 35.5 Å². The van der Waals surface area contributed by atoms with E-state index in [0.717, 1.165) is 18.8 Å². The van der Waals surface area contributed by atoms with E-state index in [1.807, 2.05) is 0 Å². The van der Waals surface area contributed by atoms with Crippen LogP contribution in [0, 0.1) is 0 Å². The van der Waals surface area contributed by atoms with Crippen molar-refractivity contribution in [1.82, 2.24) is 10.6 Å². The number of rotatable bonds is 0. The standard InChI is InChI=1S/C4H12N2Si/c7-4-3-5-1-2-6-4/h4-6H,1-3H2,7H3. The normalized spacial score (nSPS) is 33.4. The van der Waals surface area contributed by atoms with Crippen molar-refractivity contribution in [2.75, 3.05) is 19.6 Å². The van der Waals surface area contributed by atoms with Crippen molar-refractivity contribution in [3.8, 4) is 0 Å². The average molecular weight is 116 g/mol. The van der Waals surface area contributed by atoms with E-state index in [9.17, 15) is 0 Å². The first-order valence-corrected chi connectivity index (χ1v) is 3.99. The largest absolute Gasteiger partial charge is 0.315 e. The molecule has 1 atom stereocenters. The van der Waals surface area contributed by atoms with Gasteiger partial charge < -0.3 is 10.6 Å². The van der Waals surface area contributed by atoms with Gasteiger partial charge in [-0.25, -0.2) is 0 Å². The summed E-state index contributed by atoms with van der Waals surface area (Å²) in [6.45, 7) is 3.50. The van der Waals surface area contributed by atoms with Gasteiger partial charge >= 0.3 is 0 Å². The lowest BCUT2D eigenvalue weighted by atomic mass is 10.4. The molecule has 0 radical (unpaired) electrons. The molecule has 0 aromatic rings. The Labute approximate surface area is 47.1 Å². The molecular weight excluding hydrogens is 104 g/mol. The van der Waals surface area contributed by atoms with Gasteiger partial charge in [0.1, 0.15) is 0 Å². The maximum Gasteiger partial charge on any atom is 0.0257 e. The van der Waals surface area contributed by atoms with E-state index in [1.54, 1.807) is 0 Å². The molecule has 1 saturated heterocycles. The molecule has 0 saturated carbocycles. The van der Waals surface area contributed by atoms with Crippen LogP contribution in [0.4, 0.5) is 0 Å². The van der Waals surface area contributed by atoms with Crippen molar-refractivity contribution in [3.63, 3.8) is 0 Å². The molecule has 2 nitrogen and oxygen atoms in total. The number of hydrogen-bond acceptors (Lipinski definition) is 2. The molecule has 1 fully saturated rings. The molecule has 3 heteroatoms. The molecule has 0 spiro atoms. The quantitative estimate of drug-likeness (QED) is 0.353. The highest BCUT2D eigenvalue weighted by Gasteiger charge is 2.03. The summed E-state index contributed by atoms with van der Waals surface area (Å²) < 4.78 is 0. The Hall–Kier alpha value is 0.137. The second kappa shape index (κ2) is 2.45. The molecule has 1 aliphatic heterocycles. The van der Waals surface area contributed by atoms with Gasteiger partial charge in [0, 0.05) is 35.5 Å². The van der Waals surface area contributed by atoms with Crippen molar-refractivity contribution in [1.29, 1.82) is 0 Å². The van der Waals surface area contributed by atoms with E-state index < -0.39 is 0 Å². The van der Waals surface area contributed by atoms with Gasteiger partial charge in [-0.15, -0.1) is 0 Å². The summed E-state index contributed by atoms with van der Waals surface area (Å²) >= 11 is 0. The van der Waals surface area contributed by atoms with Crippen LogP contribution in [0.1, 0.15) is 0 Å². The molecule has 0 amide bonds. The Morgan fingerprint density at radius 2 is 2.29 bits per heavy atom. The van der Waals surface area contributed by atoms with E-state index in [1.165, 1.54) is 16.8 Å². The Balaban J connectivity index is 2.12. The lowest BCUT2D eigenvalue weighted by Crippen LogP contribution is -2.48. The molecule has 0 aromatic heterocycles. The molecular formula is C4H12N2Si. The zero-order valence-electron chi connectivity index (χ0n) is 4.70. The summed E-state index contributed by atoms with van der Waals surface area (Å²) in [6, 6.07) is 0. The Bertz CT molecular complexity index is 51.7. The summed E-state index contributed by atoms with van der Waals surface area (Å²) in [5.41, 5.74) is 0.814. The summed E-state index contributed by atoms with van der Waals surface area (Å²) in [4.78, 5) is 0. The van der Waals surface area contributed by atoms with Crippen molar-refractivity contribution < 1.29 is 0 Å². The fourth-order valence-corrected chi connectivity index (χ4v) is 1.38. The molecule has 2 N–H and O–H groups in total. The predicted molar refractivity (Wildman–Crippen MR) is 34.6 cm³/mol. The first kappa shape index (κ1) is 5.28. The van der Waals surface area contributed by atoms with Crippen LogP contribution in [0.25, 0.3) is 0 Å². The van der Waals surface area contributed by atoms with Crippen molar-refractivity contribution in [3.05, 3.63) is 0 Å². The van der Waals surface area contributed by atoms with E-state index in [4.69, 9.17) is 0 Å². The maximum absolute atomic E-state index is 3.38. The average Bonchev–Trinajstić information content (AvgIpc) is 1.69. The SMILES string of the molecule is [SiH3]C1CNCCN1. The highest BCUT2D eigenvalue weighted by molar-refractivity contribution is 6.11. The minimum Gasteiger partial charge on any atom is -0.315 e. The number of piperazine rings is 1. The summed E-state index contributed by atoms with van der Waals surface area (Å²) in [5, 5.41) is 6.69. The van der Waals surface area contributed by atoms with E-state index >= 15 is 0 Å². The predicted octanol–water partition coefficient (Wildman–Crippen LogP) is -2.13. The fourth-order valence-electron chi connectivity index (χ4n) is 0.798. The smallest absolute Gasteiger partial charge is 0.0257 e. The lowest BCUT2D eigenvalue weighted by Gasteiger charge is -2.19. The highest BCUT2D eigenvalue weighted by atomic mass is 28.1. The van der Waals surface area contributed by atoms with Crippen LogP contribution in [0.5, 0.6) is 0 Å². The van der Waals surface area contributed by atoms with Crippen LogP contribution in [0.15, 0.2) is 0 Å². The van der Waals surface area contributed by atoms with Crippen LogP contribution in [0.3, 0.4) is 0 Å². The van der Waals surface area contributed by atoms with Crippen LogP contribution in [-0.2, 0) is 0 Å². The monoisotopic (exact) mass is 116 g/mol. The molecule has 7 heavy (non-hydrogen) atoms. The van der Waals surface area contributed by atoms with Gasteiger partial charge in [-0.3, -0.25) is 0 Å². The van der Waals surface area contributed by atoms with Crippen LogP contribution in [0.2, 0.25) is 0 Å². The third kappa shape index (κ3) is 1.59. The van der Waals surface area contributed by atoms with Crippen LogP contribution < -0.4 is 10.6 Å².